The molecule has 0 saturated carbocycles. The van der Waals surface area contributed by atoms with Crippen molar-refractivity contribution in [3.63, 3.8) is 0 Å². The van der Waals surface area contributed by atoms with Gasteiger partial charge < -0.3 is 19.9 Å². The fourth-order valence-electron chi connectivity index (χ4n) is 2.79. The second-order valence-electron chi connectivity index (χ2n) is 5.79. The van der Waals surface area contributed by atoms with Gasteiger partial charge in [0, 0.05) is 45.5 Å². The molecular weight excluding hydrogens is 296 g/mol. The van der Waals surface area contributed by atoms with Gasteiger partial charge in [0.05, 0.1) is 18.1 Å². The van der Waals surface area contributed by atoms with E-state index in [4.69, 9.17) is 4.74 Å². The molecule has 0 aromatic carbocycles. The molecule has 0 spiro atoms. The van der Waals surface area contributed by atoms with Gasteiger partial charge in [-0.15, -0.1) is 0 Å². The highest BCUT2D eigenvalue weighted by Crippen LogP contribution is 2.16. The lowest BCUT2D eigenvalue weighted by atomic mass is 10.0. The molecule has 2 aliphatic heterocycles. The number of carbonyl (C=O) groups is 2. The zero-order valence-electron chi connectivity index (χ0n) is 13.3. The van der Waals surface area contributed by atoms with Crippen LogP contribution in [0.2, 0.25) is 0 Å². The quantitative estimate of drug-likeness (QED) is 0.795. The van der Waals surface area contributed by atoms with Crippen LogP contribution in [0.15, 0.2) is 18.3 Å². The van der Waals surface area contributed by atoms with Crippen LogP contribution in [0.4, 0.5) is 5.82 Å². The van der Waals surface area contributed by atoms with Gasteiger partial charge in [-0.25, -0.2) is 9.78 Å². The number of piperazine rings is 1. The van der Waals surface area contributed by atoms with Crippen molar-refractivity contribution in [1.82, 2.24) is 15.2 Å². The normalized spacial score (nSPS) is 18.5. The first-order chi connectivity index (χ1) is 11.2. The van der Waals surface area contributed by atoms with Crippen LogP contribution in [-0.2, 0) is 9.53 Å². The van der Waals surface area contributed by atoms with Crippen LogP contribution in [0.25, 0.3) is 0 Å². The monoisotopic (exact) mass is 318 g/mol. The molecule has 3 heterocycles. The third-order valence-corrected chi connectivity index (χ3v) is 4.31. The number of aromatic nitrogens is 1. The minimum Gasteiger partial charge on any atom is -0.462 e. The summed E-state index contributed by atoms with van der Waals surface area (Å²) in [5, 5.41) is 3.13. The standard InChI is InChI=1S/C16H22N4O3/c1-2-23-16(22)12-3-4-14(18-11-12)19-5-7-20(8-6-19)15(21)13-9-17-10-13/h3-4,11,13,17H,2,5-10H2,1H3. The Morgan fingerprint density at radius 3 is 2.52 bits per heavy atom. The van der Waals surface area contributed by atoms with Crippen molar-refractivity contribution < 1.29 is 14.3 Å². The van der Waals surface area contributed by atoms with Gasteiger partial charge in [-0.2, -0.15) is 0 Å². The van der Waals surface area contributed by atoms with Crippen LogP contribution in [-0.4, -0.2) is 67.6 Å². The number of pyridine rings is 1. The summed E-state index contributed by atoms with van der Waals surface area (Å²) in [5.41, 5.74) is 0.460. The molecule has 1 aromatic rings. The van der Waals surface area contributed by atoms with Crippen LogP contribution < -0.4 is 10.2 Å². The molecular formula is C16H22N4O3. The van der Waals surface area contributed by atoms with E-state index in [1.165, 1.54) is 0 Å². The highest BCUT2D eigenvalue weighted by molar-refractivity contribution is 5.89. The van der Waals surface area contributed by atoms with E-state index in [9.17, 15) is 9.59 Å². The number of ether oxygens (including phenoxy) is 1. The van der Waals surface area contributed by atoms with E-state index in [-0.39, 0.29) is 17.8 Å². The van der Waals surface area contributed by atoms with Crippen molar-refractivity contribution in [2.24, 2.45) is 5.92 Å². The zero-order chi connectivity index (χ0) is 16.2. The molecule has 2 saturated heterocycles. The smallest absolute Gasteiger partial charge is 0.339 e. The van der Waals surface area contributed by atoms with Crippen molar-refractivity contribution in [3.05, 3.63) is 23.9 Å². The Morgan fingerprint density at radius 2 is 2.00 bits per heavy atom. The number of nitrogens with one attached hydrogen (secondary N) is 1. The third kappa shape index (κ3) is 3.44. The van der Waals surface area contributed by atoms with Crippen LogP contribution >= 0.6 is 0 Å². The average Bonchev–Trinajstić information content (AvgIpc) is 2.54. The van der Waals surface area contributed by atoms with Crippen molar-refractivity contribution in [2.45, 2.75) is 6.92 Å². The molecule has 7 heteroatoms. The summed E-state index contributed by atoms with van der Waals surface area (Å²) in [7, 11) is 0. The molecule has 23 heavy (non-hydrogen) atoms. The van der Waals surface area contributed by atoms with Crippen molar-refractivity contribution in [2.75, 3.05) is 50.8 Å². The van der Waals surface area contributed by atoms with Gasteiger partial charge in [-0.3, -0.25) is 4.79 Å². The molecule has 7 nitrogen and oxygen atoms in total. The largest absolute Gasteiger partial charge is 0.462 e. The van der Waals surface area contributed by atoms with E-state index in [1.54, 1.807) is 19.2 Å². The number of anilines is 1. The van der Waals surface area contributed by atoms with Crippen LogP contribution in [0.1, 0.15) is 17.3 Å². The van der Waals surface area contributed by atoms with E-state index in [1.807, 2.05) is 11.0 Å². The van der Waals surface area contributed by atoms with Gasteiger partial charge >= 0.3 is 5.97 Å². The Balaban J connectivity index is 1.55. The van der Waals surface area contributed by atoms with Crippen molar-refractivity contribution in [3.8, 4) is 0 Å². The second kappa shape index (κ2) is 6.95. The van der Waals surface area contributed by atoms with Gasteiger partial charge in [-0.1, -0.05) is 0 Å². The molecule has 124 valence electrons. The predicted molar refractivity (Wildman–Crippen MR) is 85.3 cm³/mol. The molecule has 1 amide bonds. The first-order valence-electron chi connectivity index (χ1n) is 8.06. The molecule has 0 aliphatic carbocycles. The van der Waals surface area contributed by atoms with Crippen LogP contribution in [0.3, 0.4) is 0 Å². The molecule has 3 rings (SSSR count). The number of amides is 1. The summed E-state index contributed by atoms with van der Waals surface area (Å²) in [6, 6.07) is 3.57. The molecule has 0 bridgehead atoms. The van der Waals surface area contributed by atoms with Gasteiger partial charge in [0.1, 0.15) is 5.82 Å². The number of hydrogen-bond donors (Lipinski definition) is 1. The molecule has 2 fully saturated rings. The van der Waals surface area contributed by atoms with Gasteiger partial charge in [0.15, 0.2) is 0 Å². The summed E-state index contributed by atoms with van der Waals surface area (Å²) in [5.74, 6) is 0.893. The summed E-state index contributed by atoms with van der Waals surface area (Å²) in [6.45, 7) is 6.70. The van der Waals surface area contributed by atoms with Gasteiger partial charge in [0.25, 0.3) is 0 Å². The molecule has 0 radical (unpaired) electrons. The Bertz CT molecular complexity index is 563. The Kier molecular flexibility index (Phi) is 4.76. The lowest BCUT2D eigenvalue weighted by Gasteiger charge is -2.38. The molecule has 1 N–H and O–H groups in total. The van der Waals surface area contributed by atoms with Crippen molar-refractivity contribution >= 4 is 17.7 Å². The molecule has 2 aliphatic rings. The van der Waals surface area contributed by atoms with Crippen LogP contribution in [0.5, 0.6) is 0 Å². The second-order valence-corrected chi connectivity index (χ2v) is 5.79. The van der Waals surface area contributed by atoms with E-state index in [0.717, 1.165) is 45.1 Å². The highest BCUT2D eigenvalue weighted by atomic mass is 16.5. The van der Waals surface area contributed by atoms with E-state index < -0.39 is 0 Å². The van der Waals surface area contributed by atoms with E-state index in [0.29, 0.717) is 12.2 Å². The minimum absolute atomic E-state index is 0.156. The molecule has 0 atom stereocenters. The maximum Gasteiger partial charge on any atom is 0.339 e. The van der Waals surface area contributed by atoms with Crippen molar-refractivity contribution in [1.29, 1.82) is 0 Å². The number of carbonyl (C=O) groups excluding carboxylic acids is 2. The number of rotatable bonds is 4. The number of esters is 1. The van der Waals surface area contributed by atoms with E-state index in [2.05, 4.69) is 15.2 Å². The van der Waals surface area contributed by atoms with Crippen LogP contribution in [0, 0.1) is 5.92 Å². The third-order valence-electron chi connectivity index (χ3n) is 4.31. The summed E-state index contributed by atoms with van der Waals surface area (Å²) in [4.78, 5) is 32.3. The topological polar surface area (TPSA) is 74.8 Å². The minimum atomic E-state index is -0.351. The predicted octanol–water partition coefficient (Wildman–Crippen LogP) is 0.126. The first kappa shape index (κ1) is 15.7. The first-order valence-corrected chi connectivity index (χ1v) is 8.06. The fraction of sp³-hybridized carbons (Fsp3) is 0.562. The Morgan fingerprint density at radius 1 is 1.26 bits per heavy atom. The summed E-state index contributed by atoms with van der Waals surface area (Å²) in [6.07, 6.45) is 1.55. The lowest BCUT2D eigenvalue weighted by Crippen LogP contribution is -2.56. The highest BCUT2D eigenvalue weighted by Gasteiger charge is 2.31. The number of nitrogens with zero attached hydrogens (tertiary/aromatic N) is 3. The molecule has 1 aromatic heterocycles. The maximum atomic E-state index is 12.2. The van der Waals surface area contributed by atoms with Gasteiger partial charge in [-0.05, 0) is 19.1 Å². The Labute approximate surface area is 135 Å². The molecule has 0 unspecified atom stereocenters. The maximum absolute atomic E-state index is 12.2. The summed E-state index contributed by atoms with van der Waals surface area (Å²) < 4.78 is 4.95. The Hall–Kier alpha value is -2.15. The lowest BCUT2D eigenvalue weighted by molar-refractivity contribution is -0.137. The SMILES string of the molecule is CCOC(=O)c1ccc(N2CCN(C(=O)C3CNC3)CC2)nc1. The summed E-state index contributed by atoms with van der Waals surface area (Å²) >= 11 is 0. The zero-order valence-corrected chi connectivity index (χ0v) is 13.3. The number of hydrogen-bond acceptors (Lipinski definition) is 6. The fourth-order valence-corrected chi connectivity index (χ4v) is 2.79. The van der Waals surface area contributed by atoms with E-state index >= 15 is 0 Å². The average molecular weight is 318 g/mol. The van der Waals surface area contributed by atoms with Gasteiger partial charge in [0.2, 0.25) is 5.91 Å².